The number of rotatable bonds is 6. The zero-order valence-corrected chi connectivity index (χ0v) is 10.9. The average molecular weight is 280 g/mol. The lowest BCUT2D eigenvalue weighted by Crippen LogP contribution is -2.47. The number of carboxylic acids is 1. The monoisotopic (exact) mass is 280 g/mol. The maximum Gasteiger partial charge on any atom is 0.326 e. The largest absolute Gasteiger partial charge is 0.480 e. The first-order valence-corrected chi connectivity index (χ1v) is 5.85. The second kappa shape index (κ2) is 7.07. The fourth-order valence-electron chi connectivity index (χ4n) is 1.47. The molecule has 0 aliphatic carbocycles. The van der Waals surface area contributed by atoms with E-state index in [1.54, 1.807) is 18.5 Å². The summed E-state index contributed by atoms with van der Waals surface area (Å²) in [6.07, 6.45) is 2.77. The number of carbonyl (C=O) groups excluding carboxylic acids is 2. The molecule has 0 aromatic carbocycles. The van der Waals surface area contributed by atoms with Gasteiger partial charge in [0.2, 0.25) is 5.91 Å². The normalized spacial score (nSPS) is 11.4. The minimum Gasteiger partial charge on any atom is -0.480 e. The standard InChI is InChI=1S/C12H16N4O4/c1-7-2-3-14-5-8(7)6-15-12(20)16-9(11(18)19)4-10(13)17/h2-3,5,9H,4,6H2,1H3,(H2,13,17)(H,18,19)(H2,15,16,20)/t9-/m1/s1. The van der Waals surface area contributed by atoms with Crippen molar-refractivity contribution >= 4 is 17.9 Å². The van der Waals surface area contributed by atoms with Crippen LogP contribution in [0.1, 0.15) is 17.5 Å². The molecule has 3 amide bonds. The van der Waals surface area contributed by atoms with Crippen LogP contribution in [0.5, 0.6) is 0 Å². The predicted molar refractivity (Wildman–Crippen MR) is 69.6 cm³/mol. The molecular formula is C12H16N4O4. The van der Waals surface area contributed by atoms with Gasteiger partial charge < -0.3 is 21.5 Å². The molecule has 20 heavy (non-hydrogen) atoms. The quantitative estimate of drug-likeness (QED) is 0.558. The molecule has 1 heterocycles. The van der Waals surface area contributed by atoms with E-state index in [1.165, 1.54) is 0 Å². The molecule has 1 aromatic heterocycles. The highest BCUT2D eigenvalue weighted by Gasteiger charge is 2.21. The number of carboxylic acid groups (broad SMARTS) is 1. The molecule has 0 fully saturated rings. The van der Waals surface area contributed by atoms with E-state index in [1.807, 2.05) is 6.92 Å². The van der Waals surface area contributed by atoms with Crippen molar-refractivity contribution in [2.45, 2.75) is 25.9 Å². The first-order chi connectivity index (χ1) is 9.40. The number of nitrogens with zero attached hydrogens (tertiary/aromatic N) is 1. The number of amides is 3. The highest BCUT2D eigenvalue weighted by Crippen LogP contribution is 2.03. The van der Waals surface area contributed by atoms with Gasteiger partial charge in [-0.05, 0) is 24.1 Å². The third-order valence-corrected chi connectivity index (χ3v) is 2.60. The van der Waals surface area contributed by atoms with Gasteiger partial charge in [0, 0.05) is 18.9 Å². The number of primary amides is 1. The number of aliphatic carboxylic acids is 1. The van der Waals surface area contributed by atoms with Gasteiger partial charge in [-0.25, -0.2) is 9.59 Å². The molecule has 0 radical (unpaired) electrons. The van der Waals surface area contributed by atoms with Gasteiger partial charge in [0.25, 0.3) is 0 Å². The zero-order chi connectivity index (χ0) is 15.1. The van der Waals surface area contributed by atoms with Crippen LogP contribution in [0.2, 0.25) is 0 Å². The lowest BCUT2D eigenvalue weighted by Gasteiger charge is -2.14. The van der Waals surface area contributed by atoms with E-state index in [0.29, 0.717) is 0 Å². The summed E-state index contributed by atoms with van der Waals surface area (Å²) in [5.41, 5.74) is 6.67. The summed E-state index contributed by atoms with van der Waals surface area (Å²) < 4.78 is 0. The lowest BCUT2D eigenvalue weighted by atomic mass is 10.1. The number of aryl methyl sites for hydroxylation is 1. The second-order valence-electron chi connectivity index (χ2n) is 4.19. The molecule has 5 N–H and O–H groups in total. The molecular weight excluding hydrogens is 264 g/mol. The van der Waals surface area contributed by atoms with Gasteiger partial charge >= 0.3 is 12.0 Å². The maximum atomic E-state index is 11.6. The Balaban J connectivity index is 2.52. The van der Waals surface area contributed by atoms with Crippen molar-refractivity contribution in [2.75, 3.05) is 0 Å². The van der Waals surface area contributed by atoms with Gasteiger partial charge in [-0.15, -0.1) is 0 Å². The second-order valence-corrected chi connectivity index (χ2v) is 4.19. The molecule has 1 aromatic rings. The fourth-order valence-corrected chi connectivity index (χ4v) is 1.47. The van der Waals surface area contributed by atoms with Gasteiger partial charge in [-0.1, -0.05) is 0 Å². The minimum absolute atomic E-state index is 0.203. The number of hydrogen-bond acceptors (Lipinski definition) is 4. The molecule has 1 atom stereocenters. The maximum absolute atomic E-state index is 11.6. The topological polar surface area (TPSA) is 134 Å². The number of nitrogens with one attached hydrogen (secondary N) is 2. The molecule has 1 rings (SSSR count). The molecule has 0 aliphatic heterocycles. The Bertz CT molecular complexity index is 518. The summed E-state index contributed by atoms with van der Waals surface area (Å²) in [6.45, 7) is 2.07. The van der Waals surface area contributed by atoms with E-state index in [-0.39, 0.29) is 6.54 Å². The first-order valence-electron chi connectivity index (χ1n) is 5.85. The predicted octanol–water partition coefficient (Wildman–Crippen LogP) is -0.482. The molecule has 108 valence electrons. The van der Waals surface area contributed by atoms with Crippen molar-refractivity contribution in [2.24, 2.45) is 5.73 Å². The van der Waals surface area contributed by atoms with Crippen LogP contribution in [0, 0.1) is 6.92 Å². The first kappa shape index (κ1) is 15.4. The summed E-state index contributed by atoms with van der Waals surface area (Å²) >= 11 is 0. The lowest BCUT2D eigenvalue weighted by molar-refractivity contribution is -0.140. The third-order valence-electron chi connectivity index (χ3n) is 2.60. The number of urea groups is 1. The highest BCUT2D eigenvalue weighted by atomic mass is 16.4. The smallest absolute Gasteiger partial charge is 0.326 e. The van der Waals surface area contributed by atoms with Crippen LogP contribution >= 0.6 is 0 Å². The number of aromatic nitrogens is 1. The number of carbonyl (C=O) groups is 3. The van der Waals surface area contributed by atoms with Crippen LogP contribution in [-0.4, -0.2) is 34.0 Å². The highest BCUT2D eigenvalue weighted by molar-refractivity contribution is 5.87. The van der Waals surface area contributed by atoms with Crippen molar-refractivity contribution in [3.63, 3.8) is 0 Å². The molecule has 0 spiro atoms. The summed E-state index contributed by atoms with van der Waals surface area (Å²) in [5, 5.41) is 13.5. The number of pyridine rings is 1. The van der Waals surface area contributed by atoms with Crippen molar-refractivity contribution < 1.29 is 19.5 Å². The molecule has 0 bridgehead atoms. The van der Waals surface area contributed by atoms with Gasteiger partial charge in [-0.3, -0.25) is 9.78 Å². The third kappa shape index (κ3) is 4.92. The molecule has 8 heteroatoms. The van der Waals surface area contributed by atoms with Gasteiger partial charge in [0.05, 0.1) is 6.42 Å². The van der Waals surface area contributed by atoms with Crippen molar-refractivity contribution in [1.29, 1.82) is 0 Å². The van der Waals surface area contributed by atoms with Crippen LogP contribution in [0.4, 0.5) is 4.79 Å². The average Bonchev–Trinajstić information content (AvgIpc) is 2.36. The van der Waals surface area contributed by atoms with E-state index in [4.69, 9.17) is 10.8 Å². The molecule has 0 saturated heterocycles. The Hall–Kier alpha value is -2.64. The summed E-state index contributed by atoms with van der Waals surface area (Å²) in [7, 11) is 0. The van der Waals surface area contributed by atoms with Gasteiger partial charge in [0.1, 0.15) is 6.04 Å². The van der Waals surface area contributed by atoms with Crippen LogP contribution < -0.4 is 16.4 Å². The molecule has 8 nitrogen and oxygen atoms in total. The van der Waals surface area contributed by atoms with Crippen molar-refractivity contribution in [3.05, 3.63) is 29.6 Å². The van der Waals surface area contributed by atoms with E-state index < -0.39 is 30.4 Å². The van der Waals surface area contributed by atoms with Crippen LogP contribution in [-0.2, 0) is 16.1 Å². The summed E-state index contributed by atoms with van der Waals surface area (Å²) in [6, 6.07) is -0.244. The number of hydrogen-bond donors (Lipinski definition) is 4. The minimum atomic E-state index is -1.34. The Morgan fingerprint density at radius 2 is 2.15 bits per heavy atom. The van der Waals surface area contributed by atoms with Crippen LogP contribution in [0.15, 0.2) is 18.5 Å². The Morgan fingerprint density at radius 3 is 2.70 bits per heavy atom. The summed E-state index contributed by atoms with van der Waals surface area (Å²) in [5.74, 6) is -2.13. The van der Waals surface area contributed by atoms with Crippen LogP contribution in [0.3, 0.4) is 0 Å². The van der Waals surface area contributed by atoms with Gasteiger partial charge in [-0.2, -0.15) is 0 Å². The number of nitrogens with two attached hydrogens (primary N) is 1. The van der Waals surface area contributed by atoms with E-state index >= 15 is 0 Å². The van der Waals surface area contributed by atoms with Gasteiger partial charge in [0.15, 0.2) is 0 Å². The fraction of sp³-hybridized carbons (Fsp3) is 0.333. The Labute approximate surface area is 115 Å². The van der Waals surface area contributed by atoms with Crippen molar-refractivity contribution in [1.82, 2.24) is 15.6 Å². The van der Waals surface area contributed by atoms with Crippen LogP contribution in [0.25, 0.3) is 0 Å². The molecule has 0 aliphatic rings. The van der Waals surface area contributed by atoms with Crippen molar-refractivity contribution in [3.8, 4) is 0 Å². The SMILES string of the molecule is Cc1ccncc1CNC(=O)N[C@H](CC(N)=O)C(=O)O. The van der Waals surface area contributed by atoms with E-state index in [0.717, 1.165) is 11.1 Å². The summed E-state index contributed by atoms with van der Waals surface area (Å²) in [4.78, 5) is 37.0. The molecule has 0 saturated carbocycles. The Kier molecular flexibility index (Phi) is 5.45. The van der Waals surface area contributed by atoms with E-state index in [2.05, 4.69) is 15.6 Å². The zero-order valence-electron chi connectivity index (χ0n) is 10.9. The Morgan fingerprint density at radius 1 is 1.45 bits per heavy atom. The molecule has 0 unspecified atom stereocenters. The van der Waals surface area contributed by atoms with E-state index in [9.17, 15) is 14.4 Å².